The standard InChI is InChI=1S/C17H24N2O/c1-6-20-17-15(13(4)5)9-14(12(2)3)10-16(17)19-8-7-18-11-19/h7-13H,6H2,1-5H3. The van der Waals surface area contributed by atoms with Crippen LogP contribution in [0.4, 0.5) is 0 Å². The topological polar surface area (TPSA) is 27.1 Å². The third-order valence-corrected chi connectivity index (χ3v) is 3.48. The van der Waals surface area contributed by atoms with Gasteiger partial charge in [-0.25, -0.2) is 4.98 Å². The molecule has 0 fully saturated rings. The Morgan fingerprint density at radius 2 is 1.90 bits per heavy atom. The van der Waals surface area contributed by atoms with Gasteiger partial charge in [-0.2, -0.15) is 0 Å². The van der Waals surface area contributed by atoms with Crippen molar-refractivity contribution in [2.75, 3.05) is 6.61 Å². The van der Waals surface area contributed by atoms with E-state index >= 15 is 0 Å². The van der Waals surface area contributed by atoms with Crippen LogP contribution in [0.2, 0.25) is 0 Å². The molecule has 3 nitrogen and oxygen atoms in total. The molecule has 0 amide bonds. The minimum Gasteiger partial charge on any atom is -0.491 e. The molecule has 0 unspecified atom stereocenters. The summed E-state index contributed by atoms with van der Waals surface area (Å²) in [6.45, 7) is 11.6. The maximum Gasteiger partial charge on any atom is 0.146 e. The maximum absolute atomic E-state index is 5.94. The van der Waals surface area contributed by atoms with Crippen molar-refractivity contribution in [2.45, 2.75) is 46.5 Å². The monoisotopic (exact) mass is 272 g/mol. The van der Waals surface area contributed by atoms with Crippen molar-refractivity contribution >= 4 is 0 Å². The Morgan fingerprint density at radius 3 is 2.40 bits per heavy atom. The van der Waals surface area contributed by atoms with Crippen molar-refractivity contribution < 1.29 is 4.74 Å². The Bertz CT molecular complexity index is 557. The fraction of sp³-hybridized carbons (Fsp3) is 0.471. The van der Waals surface area contributed by atoms with E-state index in [1.54, 1.807) is 6.20 Å². The molecule has 2 aromatic rings. The SMILES string of the molecule is CCOc1c(C(C)C)cc(C(C)C)cc1-n1ccnc1. The summed E-state index contributed by atoms with van der Waals surface area (Å²) in [5, 5.41) is 0. The van der Waals surface area contributed by atoms with Crippen LogP contribution in [0.5, 0.6) is 5.75 Å². The van der Waals surface area contributed by atoms with Gasteiger partial charge in [0.25, 0.3) is 0 Å². The lowest BCUT2D eigenvalue weighted by atomic mass is 9.93. The van der Waals surface area contributed by atoms with Crippen molar-refractivity contribution in [1.29, 1.82) is 0 Å². The number of nitrogens with zero attached hydrogens (tertiary/aromatic N) is 2. The molecule has 0 atom stereocenters. The summed E-state index contributed by atoms with van der Waals surface area (Å²) in [6, 6.07) is 4.49. The molecule has 0 spiro atoms. The van der Waals surface area contributed by atoms with Gasteiger partial charge in [-0.15, -0.1) is 0 Å². The second-order valence-electron chi connectivity index (χ2n) is 5.67. The van der Waals surface area contributed by atoms with Gasteiger partial charge >= 0.3 is 0 Å². The smallest absolute Gasteiger partial charge is 0.146 e. The Labute approximate surface area is 121 Å². The second-order valence-corrected chi connectivity index (χ2v) is 5.67. The number of imidazole rings is 1. The van der Waals surface area contributed by atoms with Crippen LogP contribution in [-0.2, 0) is 0 Å². The van der Waals surface area contributed by atoms with E-state index in [9.17, 15) is 0 Å². The van der Waals surface area contributed by atoms with Gasteiger partial charge in [0, 0.05) is 12.4 Å². The first kappa shape index (κ1) is 14.6. The molecule has 0 bridgehead atoms. The predicted molar refractivity (Wildman–Crippen MR) is 82.9 cm³/mol. The lowest BCUT2D eigenvalue weighted by molar-refractivity contribution is 0.334. The van der Waals surface area contributed by atoms with E-state index in [0.29, 0.717) is 18.4 Å². The molecule has 0 saturated carbocycles. The van der Waals surface area contributed by atoms with Crippen LogP contribution < -0.4 is 4.74 Å². The molecule has 0 aliphatic heterocycles. The van der Waals surface area contributed by atoms with E-state index < -0.39 is 0 Å². The van der Waals surface area contributed by atoms with E-state index in [4.69, 9.17) is 4.74 Å². The first-order valence-corrected chi connectivity index (χ1v) is 7.33. The van der Waals surface area contributed by atoms with Crippen molar-refractivity contribution in [3.63, 3.8) is 0 Å². The average Bonchev–Trinajstić information content (AvgIpc) is 2.92. The van der Waals surface area contributed by atoms with E-state index in [2.05, 4.69) is 44.8 Å². The van der Waals surface area contributed by atoms with Crippen LogP contribution in [0.15, 0.2) is 30.9 Å². The highest BCUT2D eigenvalue weighted by Crippen LogP contribution is 2.36. The highest BCUT2D eigenvalue weighted by Gasteiger charge is 2.17. The predicted octanol–water partition coefficient (Wildman–Crippen LogP) is 4.52. The summed E-state index contributed by atoms with van der Waals surface area (Å²) in [4.78, 5) is 4.16. The third kappa shape index (κ3) is 2.87. The summed E-state index contributed by atoms with van der Waals surface area (Å²) in [6.07, 6.45) is 5.59. The van der Waals surface area contributed by atoms with Gasteiger partial charge < -0.3 is 9.30 Å². The Kier molecular flexibility index (Phi) is 4.48. The van der Waals surface area contributed by atoms with Gasteiger partial charge in [-0.3, -0.25) is 0 Å². The first-order valence-electron chi connectivity index (χ1n) is 7.33. The van der Waals surface area contributed by atoms with Crippen molar-refractivity contribution in [1.82, 2.24) is 9.55 Å². The Morgan fingerprint density at radius 1 is 1.15 bits per heavy atom. The number of hydrogen-bond acceptors (Lipinski definition) is 2. The van der Waals surface area contributed by atoms with Gasteiger partial charge in [0.1, 0.15) is 5.75 Å². The van der Waals surface area contributed by atoms with E-state index in [1.165, 1.54) is 11.1 Å². The largest absolute Gasteiger partial charge is 0.491 e. The van der Waals surface area contributed by atoms with Gasteiger partial charge in [-0.1, -0.05) is 33.8 Å². The van der Waals surface area contributed by atoms with E-state index in [1.807, 2.05) is 24.0 Å². The summed E-state index contributed by atoms with van der Waals surface area (Å²) in [7, 11) is 0. The molecular weight excluding hydrogens is 248 g/mol. The zero-order chi connectivity index (χ0) is 14.7. The zero-order valence-electron chi connectivity index (χ0n) is 13.1. The number of rotatable bonds is 5. The molecule has 2 rings (SSSR count). The van der Waals surface area contributed by atoms with E-state index in [0.717, 1.165) is 11.4 Å². The minimum atomic E-state index is 0.428. The summed E-state index contributed by atoms with van der Waals surface area (Å²) < 4.78 is 7.97. The summed E-state index contributed by atoms with van der Waals surface area (Å²) >= 11 is 0. The number of aromatic nitrogens is 2. The van der Waals surface area contributed by atoms with Crippen molar-refractivity contribution in [2.24, 2.45) is 0 Å². The highest BCUT2D eigenvalue weighted by atomic mass is 16.5. The van der Waals surface area contributed by atoms with Gasteiger partial charge in [0.2, 0.25) is 0 Å². The van der Waals surface area contributed by atoms with Crippen LogP contribution >= 0.6 is 0 Å². The Balaban J connectivity index is 2.67. The van der Waals surface area contributed by atoms with E-state index in [-0.39, 0.29) is 0 Å². The molecule has 0 saturated heterocycles. The number of benzene rings is 1. The lowest BCUT2D eigenvalue weighted by Gasteiger charge is -2.20. The fourth-order valence-corrected chi connectivity index (χ4v) is 2.32. The molecule has 0 aliphatic carbocycles. The van der Waals surface area contributed by atoms with Crippen molar-refractivity contribution in [3.8, 4) is 11.4 Å². The molecule has 0 N–H and O–H groups in total. The number of hydrogen-bond donors (Lipinski definition) is 0. The van der Waals surface area contributed by atoms with Crippen LogP contribution in [0.3, 0.4) is 0 Å². The van der Waals surface area contributed by atoms with Gasteiger partial charge in [-0.05, 0) is 36.0 Å². The van der Waals surface area contributed by atoms with Crippen LogP contribution in [0.25, 0.3) is 5.69 Å². The third-order valence-electron chi connectivity index (χ3n) is 3.48. The van der Waals surface area contributed by atoms with Gasteiger partial charge in [0.15, 0.2) is 0 Å². The molecule has 108 valence electrons. The normalized spacial score (nSPS) is 11.3. The Hall–Kier alpha value is -1.77. The molecule has 3 heteroatoms. The highest BCUT2D eigenvalue weighted by molar-refractivity contribution is 5.56. The van der Waals surface area contributed by atoms with Crippen LogP contribution in [0.1, 0.15) is 57.6 Å². The minimum absolute atomic E-state index is 0.428. The summed E-state index contributed by atoms with van der Waals surface area (Å²) in [5.74, 6) is 1.90. The van der Waals surface area contributed by atoms with Crippen molar-refractivity contribution in [3.05, 3.63) is 42.0 Å². The molecule has 20 heavy (non-hydrogen) atoms. The molecule has 1 aromatic carbocycles. The molecular formula is C17H24N2O. The summed E-state index contributed by atoms with van der Waals surface area (Å²) in [5.41, 5.74) is 3.68. The van der Waals surface area contributed by atoms with Crippen LogP contribution in [-0.4, -0.2) is 16.2 Å². The average molecular weight is 272 g/mol. The maximum atomic E-state index is 5.94. The molecule has 0 radical (unpaired) electrons. The molecule has 1 heterocycles. The fourth-order valence-electron chi connectivity index (χ4n) is 2.32. The van der Waals surface area contributed by atoms with Gasteiger partial charge in [0.05, 0.1) is 18.6 Å². The number of ether oxygens (including phenoxy) is 1. The molecule has 1 aromatic heterocycles. The van der Waals surface area contributed by atoms with Crippen LogP contribution in [0, 0.1) is 0 Å². The zero-order valence-corrected chi connectivity index (χ0v) is 13.1. The second kappa shape index (κ2) is 6.12. The first-order chi connectivity index (χ1) is 9.54. The lowest BCUT2D eigenvalue weighted by Crippen LogP contribution is -2.06. The quantitative estimate of drug-likeness (QED) is 0.800. The molecule has 0 aliphatic rings.